The number of phenolic OH excluding ortho intramolecular Hbond substituents is 1. The van der Waals surface area contributed by atoms with Crippen LogP contribution in [0.4, 0.5) is 0 Å². The minimum absolute atomic E-state index is 0.0942. The van der Waals surface area contributed by atoms with Gasteiger partial charge in [0.1, 0.15) is 5.75 Å². The second-order valence-electron chi connectivity index (χ2n) is 4.91. The predicted molar refractivity (Wildman–Crippen MR) is 77.5 cm³/mol. The molecule has 21 heavy (non-hydrogen) atoms. The lowest BCUT2D eigenvalue weighted by atomic mass is 10.1. The molecule has 4 heteroatoms. The first-order chi connectivity index (χ1) is 10.1. The van der Waals surface area contributed by atoms with E-state index in [1.54, 1.807) is 36.4 Å². The monoisotopic (exact) mass is 280 g/mol. The fourth-order valence-corrected chi connectivity index (χ4v) is 2.46. The number of phenols is 1. The first-order valence-electron chi connectivity index (χ1n) is 6.46. The lowest BCUT2D eigenvalue weighted by Gasteiger charge is -1.98. The molecule has 3 rings (SSSR count). The number of allylic oxidation sites excluding steroid dienone is 1. The van der Waals surface area contributed by atoms with Crippen LogP contribution in [0.5, 0.6) is 5.75 Å². The van der Waals surface area contributed by atoms with Crippen molar-refractivity contribution < 1.29 is 19.8 Å². The molecule has 0 amide bonds. The summed E-state index contributed by atoms with van der Waals surface area (Å²) in [5.41, 5.74) is 2.74. The molecule has 1 aliphatic rings. The van der Waals surface area contributed by atoms with Gasteiger partial charge in [-0.3, -0.25) is 4.79 Å². The van der Waals surface area contributed by atoms with Gasteiger partial charge in [-0.1, -0.05) is 24.3 Å². The Kier molecular flexibility index (Phi) is 3.06. The number of Topliss-reactive ketones (excluding diaryl/α,β-unsaturated/α-hetero) is 1. The summed E-state index contributed by atoms with van der Waals surface area (Å²) >= 11 is 0. The molecule has 0 radical (unpaired) electrons. The molecule has 0 spiro atoms. The van der Waals surface area contributed by atoms with Gasteiger partial charge in [0, 0.05) is 23.1 Å². The maximum atomic E-state index is 12.3. The van der Waals surface area contributed by atoms with Crippen LogP contribution in [0.25, 0.3) is 6.08 Å². The first kappa shape index (κ1) is 13.1. The number of carboxylic acids is 1. The molecule has 1 aliphatic carbocycles. The van der Waals surface area contributed by atoms with E-state index in [2.05, 4.69) is 0 Å². The van der Waals surface area contributed by atoms with Crippen molar-refractivity contribution in [2.45, 2.75) is 6.42 Å². The van der Waals surface area contributed by atoms with E-state index in [0.717, 1.165) is 5.56 Å². The number of aromatic hydroxyl groups is 1. The number of hydrogen-bond donors (Lipinski definition) is 2. The standard InChI is InChI=1S/C17H12O4/c18-15-3-1-2-13-14(15)9-12(16(13)19)8-10-4-6-11(7-5-10)17(20)21/h1-8,18H,9H2,(H,20,21)/b12-8-. The van der Waals surface area contributed by atoms with Crippen molar-refractivity contribution in [2.75, 3.05) is 0 Å². The molecular formula is C17H12O4. The summed E-state index contributed by atoms with van der Waals surface area (Å²) in [6, 6.07) is 11.2. The maximum Gasteiger partial charge on any atom is 0.335 e. The van der Waals surface area contributed by atoms with Crippen LogP contribution < -0.4 is 0 Å². The van der Waals surface area contributed by atoms with Crippen LogP contribution in [0.2, 0.25) is 0 Å². The molecule has 0 saturated carbocycles. The van der Waals surface area contributed by atoms with Crippen molar-refractivity contribution in [3.05, 3.63) is 70.3 Å². The Bertz CT molecular complexity index is 770. The van der Waals surface area contributed by atoms with Gasteiger partial charge in [0.25, 0.3) is 0 Å². The molecule has 0 atom stereocenters. The summed E-state index contributed by atoms with van der Waals surface area (Å²) in [5, 5.41) is 18.6. The molecule has 2 aromatic rings. The quantitative estimate of drug-likeness (QED) is 0.829. The zero-order chi connectivity index (χ0) is 15.0. The van der Waals surface area contributed by atoms with Crippen LogP contribution in [-0.4, -0.2) is 22.0 Å². The molecule has 4 nitrogen and oxygen atoms in total. The van der Waals surface area contributed by atoms with Crippen LogP contribution in [0, 0.1) is 0 Å². The van der Waals surface area contributed by atoms with Crippen LogP contribution >= 0.6 is 0 Å². The van der Waals surface area contributed by atoms with Gasteiger partial charge in [0.2, 0.25) is 0 Å². The summed E-state index contributed by atoms with van der Waals surface area (Å²) in [6.45, 7) is 0. The number of ketones is 1. The average molecular weight is 280 g/mol. The van der Waals surface area contributed by atoms with E-state index in [9.17, 15) is 14.7 Å². The summed E-state index contributed by atoms with van der Waals surface area (Å²) < 4.78 is 0. The first-order valence-corrected chi connectivity index (χ1v) is 6.46. The third-order valence-electron chi connectivity index (χ3n) is 3.55. The third-order valence-corrected chi connectivity index (χ3v) is 3.55. The van der Waals surface area contributed by atoms with E-state index in [0.29, 0.717) is 23.1 Å². The van der Waals surface area contributed by atoms with Gasteiger partial charge in [-0.15, -0.1) is 0 Å². The zero-order valence-corrected chi connectivity index (χ0v) is 11.0. The number of hydrogen-bond acceptors (Lipinski definition) is 3. The zero-order valence-electron chi connectivity index (χ0n) is 11.0. The summed E-state index contributed by atoms with van der Waals surface area (Å²) in [5.74, 6) is -0.947. The Morgan fingerprint density at radius 1 is 1.10 bits per heavy atom. The van der Waals surface area contributed by atoms with E-state index in [1.807, 2.05) is 0 Å². The number of carbonyl (C=O) groups excluding carboxylic acids is 1. The van der Waals surface area contributed by atoms with Gasteiger partial charge in [0.05, 0.1) is 5.56 Å². The van der Waals surface area contributed by atoms with Crippen LogP contribution in [-0.2, 0) is 6.42 Å². The molecule has 2 aromatic carbocycles. The highest BCUT2D eigenvalue weighted by Gasteiger charge is 2.26. The van der Waals surface area contributed by atoms with Gasteiger partial charge in [0.15, 0.2) is 5.78 Å². The SMILES string of the molecule is O=C(O)c1ccc(/C=C2/Cc3c(O)cccc3C2=O)cc1. The number of benzene rings is 2. The van der Waals surface area contributed by atoms with Gasteiger partial charge in [-0.05, 0) is 29.8 Å². The maximum absolute atomic E-state index is 12.3. The fraction of sp³-hybridized carbons (Fsp3) is 0.0588. The van der Waals surface area contributed by atoms with Crippen molar-refractivity contribution in [2.24, 2.45) is 0 Å². The Morgan fingerprint density at radius 3 is 2.43 bits per heavy atom. The number of rotatable bonds is 2. The number of carbonyl (C=O) groups is 2. The minimum atomic E-state index is -0.983. The highest BCUT2D eigenvalue weighted by atomic mass is 16.4. The predicted octanol–water partition coefficient (Wildman–Crippen LogP) is 2.91. The van der Waals surface area contributed by atoms with E-state index in [1.165, 1.54) is 12.1 Å². The Labute approximate surface area is 121 Å². The van der Waals surface area contributed by atoms with Gasteiger partial charge >= 0.3 is 5.97 Å². The molecular weight excluding hydrogens is 268 g/mol. The molecule has 104 valence electrons. The van der Waals surface area contributed by atoms with Crippen LogP contribution in [0.15, 0.2) is 48.0 Å². The Balaban J connectivity index is 1.94. The van der Waals surface area contributed by atoms with Crippen molar-refractivity contribution in [1.82, 2.24) is 0 Å². The van der Waals surface area contributed by atoms with Crippen molar-refractivity contribution in [1.29, 1.82) is 0 Å². The molecule has 0 heterocycles. The molecule has 0 saturated heterocycles. The molecule has 0 unspecified atom stereocenters. The molecule has 0 fully saturated rings. The van der Waals surface area contributed by atoms with E-state index >= 15 is 0 Å². The van der Waals surface area contributed by atoms with E-state index in [4.69, 9.17) is 5.11 Å². The summed E-state index contributed by atoms with van der Waals surface area (Å²) in [4.78, 5) is 23.1. The normalized spacial score (nSPS) is 15.2. The van der Waals surface area contributed by atoms with Crippen molar-refractivity contribution >= 4 is 17.8 Å². The Hall–Kier alpha value is -2.88. The largest absolute Gasteiger partial charge is 0.508 e. The fourth-order valence-electron chi connectivity index (χ4n) is 2.46. The molecule has 0 aliphatic heterocycles. The van der Waals surface area contributed by atoms with Crippen molar-refractivity contribution in [3.8, 4) is 5.75 Å². The number of aromatic carboxylic acids is 1. The Morgan fingerprint density at radius 2 is 1.81 bits per heavy atom. The van der Waals surface area contributed by atoms with Crippen LogP contribution in [0.1, 0.15) is 31.8 Å². The third kappa shape index (κ3) is 2.31. The van der Waals surface area contributed by atoms with Crippen LogP contribution in [0.3, 0.4) is 0 Å². The summed E-state index contributed by atoms with van der Waals surface area (Å²) in [6.07, 6.45) is 2.12. The van der Waals surface area contributed by atoms with Gasteiger partial charge < -0.3 is 10.2 Å². The topological polar surface area (TPSA) is 74.6 Å². The molecule has 0 aromatic heterocycles. The molecule has 0 bridgehead atoms. The minimum Gasteiger partial charge on any atom is -0.508 e. The van der Waals surface area contributed by atoms with E-state index in [-0.39, 0.29) is 17.1 Å². The van der Waals surface area contributed by atoms with E-state index < -0.39 is 5.97 Å². The van der Waals surface area contributed by atoms with Gasteiger partial charge in [-0.2, -0.15) is 0 Å². The van der Waals surface area contributed by atoms with Gasteiger partial charge in [-0.25, -0.2) is 4.79 Å². The number of fused-ring (bicyclic) bond motifs is 1. The second kappa shape index (κ2) is 4.90. The lowest BCUT2D eigenvalue weighted by molar-refractivity contribution is 0.0696. The van der Waals surface area contributed by atoms with Crippen molar-refractivity contribution in [3.63, 3.8) is 0 Å². The highest BCUT2D eigenvalue weighted by molar-refractivity contribution is 6.16. The summed E-state index contributed by atoms with van der Waals surface area (Å²) in [7, 11) is 0. The lowest BCUT2D eigenvalue weighted by Crippen LogP contribution is -1.96. The smallest absolute Gasteiger partial charge is 0.335 e. The average Bonchev–Trinajstić information content (AvgIpc) is 2.78. The highest BCUT2D eigenvalue weighted by Crippen LogP contribution is 2.33. The second-order valence-corrected chi connectivity index (χ2v) is 4.91. The molecule has 2 N–H and O–H groups in total. The number of carboxylic acid groups (broad SMARTS) is 1.